The molecule has 4 heteroatoms. The number of aryl methyl sites for hydroxylation is 1. The largest absolute Gasteiger partial charge is 0.493 e. The zero-order chi connectivity index (χ0) is 15.1. The van der Waals surface area contributed by atoms with E-state index in [1.165, 1.54) is 0 Å². The number of para-hydroxylation sites is 1. The van der Waals surface area contributed by atoms with Crippen molar-refractivity contribution >= 4 is 11.6 Å². The molecule has 0 N–H and O–H groups in total. The van der Waals surface area contributed by atoms with E-state index in [2.05, 4.69) is 6.07 Å². The highest BCUT2D eigenvalue weighted by atomic mass is 35.5. The predicted octanol–water partition coefficient (Wildman–Crippen LogP) is 4.37. The lowest BCUT2D eigenvalue weighted by Crippen LogP contribution is -2.05. The third-order valence-corrected chi connectivity index (χ3v) is 3.38. The minimum absolute atomic E-state index is 0.505. The average Bonchev–Trinajstić information content (AvgIpc) is 2.51. The van der Waals surface area contributed by atoms with Crippen LogP contribution in [0, 0.1) is 18.3 Å². The number of nitriles is 1. The lowest BCUT2D eigenvalue weighted by molar-refractivity contribution is 0.247. The molecule has 3 nitrogen and oxygen atoms in total. The lowest BCUT2D eigenvalue weighted by atomic mass is 10.2. The summed E-state index contributed by atoms with van der Waals surface area (Å²) < 4.78 is 11.2. The Morgan fingerprint density at radius 2 is 1.86 bits per heavy atom. The number of hydrogen-bond acceptors (Lipinski definition) is 3. The van der Waals surface area contributed by atoms with Gasteiger partial charge in [-0.05, 0) is 42.8 Å². The van der Waals surface area contributed by atoms with E-state index in [4.69, 9.17) is 26.3 Å². The third kappa shape index (κ3) is 4.40. The molecular weight excluding hydrogens is 286 g/mol. The summed E-state index contributed by atoms with van der Waals surface area (Å²) in [4.78, 5) is 0. The average molecular weight is 302 g/mol. The molecule has 21 heavy (non-hydrogen) atoms. The van der Waals surface area contributed by atoms with E-state index in [1.807, 2.05) is 37.3 Å². The maximum atomic E-state index is 8.95. The summed E-state index contributed by atoms with van der Waals surface area (Å²) in [5.41, 5.74) is 1.54. The van der Waals surface area contributed by atoms with Gasteiger partial charge in [0, 0.05) is 11.4 Å². The van der Waals surface area contributed by atoms with Gasteiger partial charge in [-0.1, -0.05) is 23.7 Å². The normalized spacial score (nSPS) is 9.95. The summed E-state index contributed by atoms with van der Waals surface area (Å²) >= 11 is 5.96. The Morgan fingerprint density at radius 3 is 2.62 bits per heavy atom. The summed E-state index contributed by atoms with van der Waals surface area (Å²) in [5, 5.41) is 9.69. The zero-order valence-corrected chi connectivity index (χ0v) is 12.6. The molecule has 0 aromatic heterocycles. The molecule has 0 aliphatic heterocycles. The van der Waals surface area contributed by atoms with E-state index in [9.17, 15) is 0 Å². The molecular formula is C17H16ClNO2. The van der Waals surface area contributed by atoms with Gasteiger partial charge in [-0.2, -0.15) is 5.26 Å². The smallest absolute Gasteiger partial charge is 0.137 e. The first-order valence-electron chi connectivity index (χ1n) is 6.71. The van der Waals surface area contributed by atoms with E-state index in [-0.39, 0.29) is 0 Å². The molecule has 0 atom stereocenters. The maximum Gasteiger partial charge on any atom is 0.137 e. The number of hydrogen-bond donors (Lipinski definition) is 0. The van der Waals surface area contributed by atoms with Crippen LogP contribution in [0.4, 0.5) is 0 Å². The summed E-state index contributed by atoms with van der Waals surface area (Å²) in [6, 6.07) is 14.9. The Morgan fingerprint density at radius 1 is 1.10 bits per heavy atom. The van der Waals surface area contributed by atoms with Gasteiger partial charge >= 0.3 is 0 Å². The second-order valence-corrected chi connectivity index (χ2v) is 4.98. The summed E-state index contributed by atoms with van der Waals surface area (Å²) in [7, 11) is 0. The van der Waals surface area contributed by atoms with Gasteiger partial charge in [0.25, 0.3) is 0 Å². The van der Waals surface area contributed by atoms with E-state index < -0.39 is 0 Å². The van der Waals surface area contributed by atoms with Crippen molar-refractivity contribution in [2.45, 2.75) is 13.3 Å². The molecule has 0 spiro atoms. The molecule has 0 fully saturated rings. The zero-order valence-electron chi connectivity index (χ0n) is 11.8. The minimum atomic E-state index is 0.505. The standard InChI is InChI=1S/C17H16ClNO2/c1-13-11-15(7-8-16(13)18)20-9-4-10-21-17-6-3-2-5-14(17)12-19/h2-3,5-8,11H,4,9-10H2,1H3. The molecule has 0 unspecified atom stereocenters. The highest BCUT2D eigenvalue weighted by molar-refractivity contribution is 6.31. The van der Waals surface area contributed by atoms with Crippen LogP contribution in [0.2, 0.25) is 5.02 Å². The van der Waals surface area contributed by atoms with Crippen molar-refractivity contribution in [3.8, 4) is 17.6 Å². The van der Waals surface area contributed by atoms with Gasteiger partial charge in [-0.3, -0.25) is 0 Å². The molecule has 0 heterocycles. The van der Waals surface area contributed by atoms with Gasteiger partial charge in [-0.25, -0.2) is 0 Å². The molecule has 0 saturated carbocycles. The van der Waals surface area contributed by atoms with Crippen LogP contribution in [-0.4, -0.2) is 13.2 Å². The number of halogens is 1. The maximum absolute atomic E-state index is 8.95. The van der Waals surface area contributed by atoms with Gasteiger partial charge in [0.1, 0.15) is 17.6 Å². The Labute approximate surface area is 129 Å². The van der Waals surface area contributed by atoms with E-state index >= 15 is 0 Å². The van der Waals surface area contributed by atoms with Crippen LogP contribution in [-0.2, 0) is 0 Å². The first-order chi connectivity index (χ1) is 10.2. The Balaban J connectivity index is 1.75. The second kappa shape index (κ2) is 7.56. The van der Waals surface area contributed by atoms with Crippen LogP contribution in [0.3, 0.4) is 0 Å². The molecule has 0 aliphatic carbocycles. The van der Waals surface area contributed by atoms with Gasteiger partial charge in [0.2, 0.25) is 0 Å². The third-order valence-electron chi connectivity index (χ3n) is 2.95. The molecule has 2 aromatic rings. The van der Waals surface area contributed by atoms with Crippen molar-refractivity contribution in [3.05, 3.63) is 58.6 Å². The Hall–Kier alpha value is -2.18. The fourth-order valence-electron chi connectivity index (χ4n) is 1.82. The van der Waals surface area contributed by atoms with Crippen LogP contribution in [0.5, 0.6) is 11.5 Å². The fourth-order valence-corrected chi connectivity index (χ4v) is 1.94. The van der Waals surface area contributed by atoms with Crippen molar-refractivity contribution in [2.75, 3.05) is 13.2 Å². The van der Waals surface area contributed by atoms with Crippen molar-refractivity contribution in [1.82, 2.24) is 0 Å². The quantitative estimate of drug-likeness (QED) is 0.744. The topological polar surface area (TPSA) is 42.2 Å². The van der Waals surface area contributed by atoms with Crippen molar-refractivity contribution in [1.29, 1.82) is 5.26 Å². The van der Waals surface area contributed by atoms with E-state index in [0.717, 1.165) is 22.8 Å². The fraction of sp³-hybridized carbons (Fsp3) is 0.235. The van der Waals surface area contributed by atoms with Crippen LogP contribution < -0.4 is 9.47 Å². The number of rotatable bonds is 6. The lowest BCUT2D eigenvalue weighted by Gasteiger charge is -2.09. The highest BCUT2D eigenvalue weighted by Crippen LogP contribution is 2.21. The Kier molecular flexibility index (Phi) is 5.48. The van der Waals surface area contributed by atoms with Crippen molar-refractivity contribution < 1.29 is 9.47 Å². The van der Waals surface area contributed by atoms with Gasteiger partial charge in [0.15, 0.2) is 0 Å². The summed E-state index contributed by atoms with van der Waals surface area (Å²) in [5.74, 6) is 1.41. The predicted molar refractivity (Wildman–Crippen MR) is 83.0 cm³/mol. The summed E-state index contributed by atoms with van der Waals surface area (Å²) in [6.07, 6.45) is 0.738. The van der Waals surface area contributed by atoms with Gasteiger partial charge in [-0.15, -0.1) is 0 Å². The molecule has 0 radical (unpaired) electrons. The Bertz CT molecular complexity index is 649. The highest BCUT2D eigenvalue weighted by Gasteiger charge is 2.02. The molecule has 0 saturated heterocycles. The molecule has 2 aromatic carbocycles. The molecule has 0 aliphatic rings. The second-order valence-electron chi connectivity index (χ2n) is 4.57. The van der Waals surface area contributed by atoms with Crippen LogP contribution >= 0.6 is 11.6 Å². The molecule has 0 bridgehead atoms. The van der Waals surface area contributed by atoms with Crippen molar-refractivity contribution in [3.63, 3.8) is 0 Å². The van der Waals surface area contributed by atoms with Gasteiger partial charge in [0.05, 0.1) is 18.8 Å². The van der Waals surface area contributed by atoms with Gasteiger partial charge < -0.3 is 9.47 Å². The van der Waals surface area contributed by atoms with Crippen LogP contribution in [0.15, 0.2) is 42.5 Å². The molecule has 2 rings (SSSR count). The van der Waals surface area contributed by atoms with E-state index in [1.54, 1.807) is 12.1 Å². The van der Waals surface area contributed by atoms with Crippen LogP contribution in [0.1, 0.15) is 17.5 Å². The minimum Gasteiger partial charge on any atom is -0.493 e. The first kappa shape index (κ1) is 15.2. The number of ether oxygens (including phenoxy) is 2. The molecule has 0 amide bonds. The summed E-state index contributed by atoms with van der Waals surface area (Å²) in [6.45, 7) is 3.00. The van der Waals surface area contributed by atoms with Crippen molar-refractivity contribution in [2.24, 2.45) is 0 Å². The number of nitrogens with zero attached hydrogens (tertiary/aromatic N) is 1. The van der Waals surface area contributed by atoms with Crippen LogP contribution in [0.25, 0.3) is 0 Å². The molecule has 108 valence electrons. The number of benzene rings is 2. The first-order valence-corrected chi connectivity index (χ1v) is 7.09. The monoisotopic (exact) mass is 301 g/mol. The SMILES string of the molecule is Cc1cc(OCCCOc2ccccc2C#N)ccc1Cl. The van der Waals surface area contributed by atoms with E-state index in [0.29, 0.717) is 24.5 Å².